The molecule has 0 spiro atoms. The Bertz CT molecular complexity index is 1180. The van der Waals surface area contributed by atoms with E-state index < -0.39 is 5.91 Å². The number of piperidine rings is 1. The lowest BCUT2D eigenvalue weighted by Gasteiger charge is -2.34. The molecule has 4 N–H and O–H groups in total. The van der Waals surface area contributed by atoms with Crippen molar-refractivity contribution in [3.63, 3.8) is 0 Å². The highest BCUT2D eigenvalue weighted by Gasteiger charge is 2.24. The molecule has 10 heteroatoms. The highest BCUT2D eigenvalue weighted by atomic mass is 32.1. The monoisotopic (exact) mass is 479 g/mol. The third-order valence-corrected chi connectivity index (χ3v) is 6.58. The molecule has 1 fully saturated rings. The van der Waals surface area contributed by atoms with E-state index in [9.17, 15) is 9.59 Å². The number of amides is 2. The molecule has 0 aliphatic carbocycles. The topological polar surface area (TPSA) is 126 Å². The van der Waals surface area contributed by atoms with Gasteiger partial charge in [-0.15, -0.1) is 0 Å². The van der Waals surface area contributed by atoms with E-state index in [1.807, 2.05) is 37.3 Å². The standard InChI is InChI=1S/C24H29N7O2S/c1-14(2)16-6-8-17(9-7-16)24(33)27-18-5-4-10-31(13-18)19-12-26-21(22(25)32)23(28-19)29-20-11-15(3)30-34-20/h6-9,11-12,14,18H,4-5,10,13H2,1-3H3,(H2,25,32)(H,27,33)(H,28,29)/t18-/m1/s1. The number of hydrogen-bond acceptors (Lipinski definition) is 8. The van der Waals surface area contributed by atoms with Crippen LogP contribution in [0, 0.1) is 6.92 Å². The molecule has 2 amide bonds. The zero-order valence-electron chi connectivity index (χ0n) is 19.5. The molecule has 3 aromatic rings. The van der Waals surface area contributed by atoms with Crippen LogP contribution in [-0.2, 0) is 0 Å². The van der Waals surface area contributed by atoms with Crippen LogP contribution in [0.3, 0.4) is 0 Å². The zero-order chi connectivity index (χ0) is 24.2. The second-order valence-corrected chi connectivity index (χ2v) is 9.59. The molecule has 178 valence electrons. The smallest absolute Gasteiger partial charge is 0.271 e. The van der Waals surface area contributed by atoms with Gasteiger partial charge in [-0.2, -0.15) is 4.37 Å². The van der Waals surface area contributed by atoms with Crippen LogP contribution in [0.4, 0.5) is 16.6 Å². The molecule has 2 aromatic heterocycles. The number of nitrogens with zero attached hydrogens (tertiary/aromatic N) is 4. The number of aromatic nitrogens is 3. The predicted molar refractivity (Wildman–Crippen MR) is 134 cm³/mol. The van der Waals surface area contributed by atoms with Gasteiger partial charge < -0.3 is 21.3 Å². The molecule has 34 heavy (non-hydrogen) atoms. The van der Waals surface area contributed by atoms with E-state index in [0.717, 1.165) is 30.1 Å². The Labute approximate surface area is 203 Å². The molecular formula is C24H29N7O2S. The number of primary amides is 1. The molecule has 0 unspecified atom stereocenters. The normalized spacial score (nSPS) is 15.9. The molecule has 3 heterocycles. The van der Waals surface area contributed by atoms with Crippen LogP contribution in [0.1, 0.15) is 64.7 Å². The molecule has 0 bridgehead atoms. The van der Waals surface area contributed by atoms with Crippen molar-refractivity contribution < 1.29 is 9.59 Å². The number of carbonyl (C=O) groups is 2. The van der Waals surface area contributed by atoms with E-state index in [1.165, 1.54) is 17.1 Å². The number of hydrogen-bond donors (Lipinski definition) is 3. The van der Waals surface area contributed by atoms with Crippen molar-refractivity contribution in [1.82, 2.24) is 19.7 Å². The maximum absolute atomic E-state index is 12.8. The van der Waals surface area contributed by atoms with Crippen LogP contribution >= 0.6 is 11.5 Å². The largest absolute Gasteiger partial charge is 0.364 e. The van der Waals surface area contributed by atoms with Crippen LogP contribution < -0.4 is 21.3 Å². The summed E-state index contributed by atoms with van der Waals surface area (Å²) >= 11 is 1.27. The summed E-state index contributed by atoms with van der Waals surface area (Å²) in [6.45, 7) is 7.52. The van der Waals surface area contributed by atoms with Gasteiger partial charge in [-0.05, 0) is 61.0 Å². The van der Waals surface area contributed by atoms with Crippen molar-refractivity contribution in [2.24, 2.45) is 5.73 Å². The number of nitrogens with two attached hydrogens (primary N) is 1. The molecule has 1 saturated heterocycles. The summed E-state index contributed by atoms with van der Waals surface area (Å²) in [7, 11) is 0. The van der Waals surface area contributed by atoms with Gasteiger partial charge in [0.25, 0.3) is 11.8 Å². The van der Waals surface area contributed by atoms with Gasteiger partial charge in [0, 0.05) is 24.7 Å². The second kappa shape index (κ2) is 10.2. The number of anilines is 3. The van der Waals surface area contributed by atoms with Crippen LogP contribution in [0.15, 0.2) is 36.5 Å². The van der Waals surface area contributed by atoms with Gasteiger partial charge in [0.05, 0.1) is 11.9 Å². The van der Waals surface area contributed by atoms with Gasteiger partial charge in [0.15, 0.2) is 11.5 Å². The maximum Gasteiger partial charge on any atom is 0.271 e. The molecule has 1 aliphatic heterocycles. The third kappa shape index (κ3) is 5.51. The van der Waals surface area contributed by atoms with Gasteiger partial charge in [-0.3, -0.25) is 9.59 Å². The summed E-state index contributed by atoms with van der Waals surface area (Å²) in [5.41, 5.74) is 8.30. The molecule has 0 radical (unpaired) electrons. The summed E-state index contributed by atoms with van der Waals surface area (Å²) in [5.74, 6) is 0.597. The van der Waals surface area contributed by atoms with Gasteiger partial charge >= 0.3 is 0 Å². The first-order chi connectivity index (χ1) is 16.3. The van der Waals surface area contributed by atoms with E-state index >= 15 is 0 Å². The Morgan fingerprint density at radius 2 is 2.00 bits per heavy atom. The minimum atomic E-state index is -0.657. The molecule has 0 saturated carbocycles. The molecule has 1 atom stereocenters. The number of benzene rings is 1. The Morgan fingerprint density at radius 3 is 2.65 bits per heavy atom. The average molecular weight is 480 g/mol. The van der Waals surface area contributed by atoms with E-state index in [0.29, 0.717) is 29.7 Å². The Kier molecular flexibility index (Phi) is 7.06. The van der Waals surface area contributed by atoms with Crippen LogP contribution in [0.25, 0.3) is 0 Å². The summed E-state index contributed by atoms with van der Waals surface area (Å²) in [5, 5.41) is 7.01. The minimum Gasteiger partial charge on any atom is -0.364 e. The van der Waals surface area contributed by atoms with Gasteiger partial charge in [0.1, 0.15) is 10.8 Å². The lowest BCUT2D eigenvalue weighted by atomic mass is 10.0. The maximum atomic E-state index is 12.8. The van der Waals surface area contributed by atoms with Crippen LogP contribution in [0.5, 0.6) is 0 Å². The van der Waals surface area contributed by atoms with E-state index in [2.05, 4.69) is 43.7 Å². The van der Waals surface area contributed by atoms with Crippen molar-refractivity contribution in [3.05, 3.63) is 59.0 Å². The highest BCUT2D eigenvalue weighted by molar-refractivity contribution is 7.10. The fourth-order valence-corrected chi connectivity index (χ4v) is 4.59. The number of aryl methyl sites for hydroxylation is 1. The fraction of sp³-hybridized carbons (Fsp3) is 0.375. The number of carbonyl (C=O) groups excluding carboxylic acids is 2. The number of rotatable bonds is 7. The van der Waals surface area contributed by atoms with E-state index in [4.69, 9.17) is 5.73 Å². The lowest BCUT2D eigenvalue weighted by Crippen LogP contribution is -2.48. The minimum absolute atomic E-state index is 0.0239. The van der Waals surface area contributed by atoms with Gasteiger partial charge in [-0.1, -0.05) is 26.0 Å². The summed E-state index contributed by atoms with van der Waals surface area (Å²) in [4.78, 5) is 35.6. The first kappa shape index (κ1) is 23.6. The highest BCUT2D eigenvalue weighted by Crippen LogP contribution is 2.25. The van der Waals surface area contributed by atoms with Crippen molar-refractivity contribution >= 4 is 40.0 Å². The quantitative estimate of drug-likeness (QED) is 0.472. The second-order valence-electron chi connectivity index (χ2n) is 8.78. The molecule has 9 nitrogen and oxygen atoms in total. The van der Waals surface area contributed by atoms with Crippen molar-refractivity contribution in [1.29, 1.82) is 0 Å². The Hall–Kier alpha value is -3.53. The first-order valence-corrected chi connectivity index (χ1v) is 12.1. The van der Waals surface area contributed by atoms with E-state index in [1.54, 1.807) is 6.20 Å². The number of nitrogens with one attached hydrogen (secondary N) is 2. The van der Waals surface area contributed by atoms with Crippen molar-refractivity contribution in [2.75, 3.05) is 23.3 Å². The Balaban J connectivity index is 1.47. The van der Waals surface area contributed by atoms with Crippen LogP contribution in [0.2, 0.25) is 0 Å². The third-order valence-electron chi connectivity index (χ3n) is 5.78. The van der Waals surface area contributed by atoms with Gasteiger partial charge in [0.2, 0.25) is 0 Å². The first-order valence-electron chi connectivity index (χ1n) is 11.3. The molecule has 4 rings (SSSR count). The van der Waals surface area contributed by atoms with Crippen LogP contribution in [-0.4, -0.2) is 45.3 Å². The molecule has 1 aromatic carbocycles. The Morgan fingerprint density at radius 1 is 1.24 bits per heavy atom. The summed E-state index contributed by atoms with van der Waals surface area (Å²) in [6.07, 6.45) is 3.33. The predicted octanol–water partition coefficient (Wildman–Crippen LogP) is 3.61. The van der Waals surface area contributed by atoms with Crippen molar-refractivity contribution in [2.45, 2.75) is 45.6 Å². The van der Waals surface area contributed by atoms with Crippen molar-refractivity contribution in [3.8, 4) is 0 Å². The van der Waals surface area contributed by atoms with E-state index in [-0.39, 0.29) is 17.6 Å². The SMILES string of the molecule is Cc1cc(Nc2nc(N3CCC[C@@H](NC(=O)c4ccc(C(C)C)cc4)C3)cnc2C(N)=O)sn1. The van der Waals surface area contributed by atoms with Gasteiger partial charge in [-0.25, -0.2) is 9.97 Å². The average Bonchev–Trinajstić information content (AvgIpc) is 3.23. The summed E-state index contributed by atoms with van der Waals surface area (Å²) < 4.78 is 4.24. The zero-order valence-corrected chi connectivity index (χ0v) is 20.4. The molecular weight excluding hydrogens is 450 g/mol. The fourth-order valence-electron chi connectivity index (χ4n) is 3.93. The molecule has 1 aliphatic rings. The lowest BCUT2D eigenvalue weighted by molar-refractivity contribution is 0.0932. The summed E-state index contributed by atoms with van der Waals surface area (Å²) in [6, 6.07) is 9.59.